The molecule has 0 aliphatic heterocycles. The summed E-state index contributed by atoms with van der Waals surface area (Å²) < 4.78 is 0. The minimum absolute atomic E-state index is 0.667. The van der Waals surface area contributed by atoms with Crippen LogP contribution in [0.1, 0.15) is 25.3 Å². The van der Waals surface area contributed by atoms with Crippen LogP contribution >= 0.6 is 0 Å². The van der Waals surface area contributed by atoms with Gasteiger partial charge in [0.25, 0.3) is 0 Å². The summed E-state index contributed by atoms with van der Waals surface area (Å²) in [6.07, 6.45) is 3.63. The van der Waals surface area contributed by atoms with E-state index in [-0.39, 0.29) is 0 Å². The van der Waals surface area contributed by atoms with Gasteiger partial charge in [0.15, 0.2) is 0 Å². The topological polar surface area (TPSA) is 12.0 Å². The first-order valence-electron chi connectivity index (χ1n) is 5.08. The van der Waals surface area contributed by atoms with Crippen LogP contribution in [-0.4, -0.2) is 13.1 Å². The molecule has 0 heterocycles. The number of hydrogen-bond donors (Lipinski definition) is 1. The lowest BCUT2D eigenvalue weighted by atomic mass is 10.0. The van der Waals surface area contributed by atoms with E-state index in [9.17, 15) is 0 Å². The van der Waals surface area contributed by atoms with Crippen LogP contribution in [0.3, 0.4) is 0 Å². The minimum atomic E-state index is 0.667. The van der Waals surface area contributed by atoms with Gasteiger partial charge < -0.3 is 5.32 Å². The molecule has 0 radical (unpaired) electrons. The van der Waals surface area contributed by atoms with E-state index in [0.29, 0.717) is 6.04 Å². The summed E-state index contributed by atoms with van der Waals surface area (Å²) in [6, 6.07) is 11.3. The highest BCUT2D eigenvalue weighted by Gasteiger charge is 2.02. The Hall–Kier alpha value is -0.820. The zero-order chi connectivity index (χ0) is 9.52. The summed E-state index contributed by atoms with van der Waals surface area (Å²) >= 11 is 0. The third-order valence-electron chi connectivity index (χ3n) is 2.53. The summed E-state index contributed by atoms with van der Waals surface area (Å²) in [5.41, 5.74) is 1.44. The lowest BCUT2D eigenvalue weighted by Gasteiger charge is -2.12. The van der Waals surface area contributed by atoms with Gasteiger partial charge in [0, 0.05) is 6.04 Å². The van der Waals surface area contributed by atoms with E-state index in [1.165, 1.54) is 24.8 Å². The monoisotopic (exact) mass is 177 g/mol. The lowest BCUT2D eigenvalue weighted by Crippen LogP contribution is -2.24. The maximum atomic E-state index is 3.32. The summed E-state index contributed by atoms with van der Waals surface area (Å²) in [7, 11) is 2.04. The number of nitrogens with one attached hydrogen (secondary N) is 1. The Morgan fingerprint density at radius 3 is 2.46 bits per heavy atom. The van der Waals surface area contributed by atoms with Crippen molar-refractivity contribution in [1.29, 1.82) is 0 Å². The molecule has 1 rings (SSSR count). The highest BCUT2D eigenvalue weighted by molar-refractivity contribution is 5.14. The van der Waals surface area contributed by atoms with E-state index >= 15 is 0 Å². The highest BCUT2D eigenvalue weighted by atomic mass is 14.9. The molecule has 1 unspecified atom stereocenters. The quantitative estimate of drug-likeness (QED) is 0.729. The van der Waals surface area contributed by atoms with Gasteiger partial charge in [0.05, 0.1) is 0 Å². The second kappa shape index (κ2) is 5.76. The molecule has 1 heteroatoms. The number of aryl methyl sites for hydroxylation is 1. The van der Waals surface area contributed by atoms with Crippen molar-refractivity contribution in [2.45, 2.75) is 32.2 Å². The Kier molecular flexibility index (Phi) is 4.55. The average molecular weight is 177 g/mol. The number of benzene rings is 1. The maximum Gasteiger partial charge on any atom is 0.00646 e. The molecule has 13 heavy (non-hydrogen) atoms. The summed E-state index contributed by atoms with van der Waals surface area (Å²) in [4.78, 5) is 0. The van der Waals surface area contributed by atoms with Crippen molar-refractivity contribution in [3.8, 4) is 0 Å². The molecule has 1 aromatic carbocycles. The van der Waals surface area contributed by atoms with E-state index in [1.807, 2.05) is 7.05 Å². The van der Waals surface area contributed by atoms with Crippen molar-refractivity contribution in [2.24, 2.45) is 0 Å². The molecule has 0 fully saturated rings. The van der Waals surface area contributed by atoms with E-state index in [0.717, 1.165) is 0 Å². The molecular weight excluding hydrogens is 158 g/mol. The summed E-state index contributed by atoms with van der Waals surface area (Å²) in [5, 5.41) is 3.32. The standard InChI is InChI=1S/C12H19N/c1-3-12(13-2)10-9-11-7-5-4-6-8-11/h4-8,12-13H,3,9-10H2,1-2H3. The molecule has 0 aliphatic rings. The SMILES string of the molecule is CCC(CCc1ccccc1)NC. The fourth-order valence-corrected chi connectivity index (χ4v) is 1.54. The highest BCUT2D eigenvalue weighted by Crippen LogP contribution is 2.06. The first-order valence-corrected chi connectivity index (χ1v) is 5.08. The minimum Gasteiger partial charge on any atom is -0.317 e. The molecule has 1 aromatic rings. The lowest BCUT2D eigenvalue weighted by molar-refractivity contribution is 0.509. The summed E-state index contributed by atoms with van der Waals surface area (Å²) in [6.45, 7) is 2.23. The zero-order valence-corrected chi connectivity index (χ0v) is 8.59. The number of hydrogen-bond acceptors (Lipinski definition) is 1. The predicted octanol–water partition coefficient (Wildman–Crippen LogP) is 2.62. The van der Waals surface area contributed by atoms with Gasteiger partial charge in [-0.15, -0.1) is 0 Å². The van der Waals surface area contributed by atoms with Crippen LogP contribution in [0.5, 0.6) is 0 Å². The van der Waals surface area contributed by atoms with Gasteiger partial charge >= 0.3 is 0 Å². The molecule has 1 nitrogen and oxygen atoms in total. The molecule has 72 valence electrons. The van der Waals surface area contributed by atoms with Crippen LogP contribution in [-0.2, 0) is 6.42 Å². The molecule has 0 saturated heterocycles. The van der Waals surface area contributed by atoms with E-state index in [2.05, 4.69) is 42.6 Å². The largest absolute Gasteiger partial charge is 0.317 e. The average Bonchev–Trinajstić information content (AvgIpc) is 2.21. The second-order valence-electron chi connectivity index (χ2n) is 3.42. The normalized spacial score (nSPS) is 12.8. The smallest absolute Gasteiger partial charge is 0.00646 e. The van der Waals surface area contributed by atoms with E-state index < -0.39 is 0 Å². The van der Waals surface area contributed by atoms with Crippen molar-refractivity contribution in [3.05, 3.63) is 35.9 Å². The van der Waals surface area contributed by atoms with Crippen molar-refractivity contribution in [2.75, 3.05) is 7.05 Å². The summed E-state index contributed by atoms with van der Waals surface area (Å²) in [5.74, 6) is 0. The van der Waals surface area contributed by atoms with E-state index in [4.69, 9.17) is 0 Å². The van der Waals surface area contributed by atoms with Crippen molar-refractivity contribution < 1.29 is 0 Å². The third kappa shape index (κ3) is 3.60. The zero-order valence-electron chi connectivity index (χ0n) is 8.59. The molecule has 0 amide bonds. The van der Waals surface area contributed by atoms with Crippen LogP contribution < -0.4 is 5.32 Å². The predicted molar refractivity (Wildman–Crippen MR) is 57.9 cm³/mol. The van der Waals surface area contributed by atoms with Gasteiger partial charge in [0.2, 0.25) is 0 Å². The fraction of sp³-hybridized carbons (Fsp3) is 0.500. The Balaban J connectivity index is 2.34. The van der Waals surface area contributed by atoms with Gasteiger partial charge in [-0.3, -0.25) is 0 Å². The van der Waals surface area contributed by atoms with Crippen molar-refractivity contribution >= 4 is 0 Å². The first-order chi connectivity index (χ1) is 6.36. The molecule has 0 bridgehead atoms. The van der Waals surface area contributed by atoms with Crippen LogP contribution in [0.2, 0.25) is 0 Å². The Morgan fingerprint density at radius 1 is 1.23 bits per heavy atom. The van der Waals surface area contributed by atoms with Crippen molar-refractivity contribution in [1.82, 2.24) is 5.32 Å². The molecule has 0 saturated carbocycles. The third-order valence-corrected chi connectivity index (χ3v) is 2.53. The van der Waals surface area contributed by atoms with Gasteiger partial charge in [0.1, 0.15) is 0 Å². The molecule has 1 atom stereocenters. The Morgan fingerprint density at radius 2 is 1.92 bits per heavy atom. The second-order valence-corrected chi connectivity index (χ2v) is 3.42. The first kappa shape index (κ1) is 10.3. The van der Waals surface area contributed by atoms with Gasteiger partial charge in [-0.25, -0.2) is 0 Å². The fourth-order valence-electron chi connectivity index (χ4n) is 1.54. The Labute approximate surface area is 81.2 Å². The molecular formula is C12H19N. The van der Waals surface area contributed by atoms with Crippen LogP contribution in [0.4, 0.5) is 0 Å². The number of rotatable bonds is 5. The van der Waals surface area contributed by atoms with Crippen LogP contribution in [0.15, 0.2) is 30.3 Å². The Bertz CT molecular complexity index is 214. The maximum absolute atomic E-state index is 3.32. The molecule has 0 aliphatic carbocycles. The van der Waals surface area contributed by atoms with Gasteiger partial charge in [-0.2, -0.15) is 0 Å². The molecule has 1 N–H and O–H groups in total. The molecule has 0 spiro atoms. The van der Waals surface area contributed by atoms with Crippen LogP contribution in [0.25, 0.3) is 0 Å². The van der Waals surface area contributed by atoms with Crippen molar-refractivity contribution in [3.63, 3.8) is 0 Å². The van der Waals surface area contributed by atoms with Gasteiger partial charge in [-0.05, 0) is 31.9 Å². The molecule has 0 aromatic heterocycles. The van der Waals surface area contributed by atoms with E-state index in [1.54, 1.807) is 0 Å². The van der Waals surface area contributed by atoms with Gasteiger partial charge in [-0.1, -0.05) is 37.3 Å². The van der Waals surface area contributed by atoms with Crippen LogP contribution in [0, 0.1) is 0 Å².